The van der Waals surface area contributed by atoms with E-state index in [0.717, 1.165) is 46.0 Å². The van der Waals surface area contributed by atoms with Gasteiger partial charge in [0, 0.05) is 46.7 Å². The number of aromatic amines is 2. The molecule has 2 N–H and O–H groups in total. The smallest absolute Gasteiger partial charge is 0.311 e. The zero-order valence-corrected chi connectivity index (χ0v) is 23.2. The number of H-pyrrole nitrogens is 2. The van der Waals surface area contributed by atoms with Crippen molar-refractivity contribution in [1.82, 2.24) is 15.0 Å². The second-order valence-electron chi connectivity index (χ2n) is 10.4. The van der Waals surface area contributed by atoms with Gasteiger partial charge in [-0.3, -0.25) is 14.4 Å². The molecule has 41 heavy (non-hydrogen) atoms. The van der Waals surface area contributed by atoms with Gasteiger partial charge in [0.15, 0.2) is 0 Å². The van der Waals surface area contributed by atoms with Crippen molar-refractivity contribution in [1.29, 1.82) is 0 Å². The maximum Gasteiger partial charge on any atom is 0.311 e. The Kier molecular flexibility index (Phi) is 7.17. The molecule has 1 fully saturated rings. The molecule has 0 amide bonds. The number of nitrogens with zero attached hydrogens (tertiary/aromatic N) is 2. The molecule has 1 aliphatic heterocycles. The zero-order chi connectivity index (χ0) is 28.5. The normalized spacial score (nSPS) is 13.7. The van der Waals surface area contributed by atoms with E-state index in [0.29, 0.717) is 28.0 Å². The predicted molar refractivity (Wildman–Crippen MR) is 159 cm³/mol. The first kappa shape index (κ1) is 26.6. The Hall–Kier alpha value is -4.66. The summed E-state index contributed by atoms with van der Waals surface area (Å²) in [5.74, 6) is -0.619. The summed E-state index contributed by atoms with van der Waals surface area (Å²) in [7, 11) is 0. The number of piperidine rings is 1. The van der Waals surface area contributed by atoms with Gasteiger partial charge in [0.1, 0.15) is 11.4 Å². The fourth-order valence-electron chi connectivity index (χ4n) is 5.71. The maximum atomic E-state index is 13.7. The molecule has 9 heteroatoms. The average molecular weight is 553 g/mol. The number of carbonyl (C=O) groups is 2. The number of aromatic nitrogens is 3. The van der Waals surface area contributed by atoms with Crippen LogP contribution in [0.4, 0.5) is 5.69 Å². The second kappa shape index (κ2) is 11.1. The number of hydrogen-bond acceptors (Lipinski definition) is 7. The lowest BCUT2D eigenvalue weighted by Gasteiger charge is -2.29. The highest BCUT2D eigenvalue weighted by Gasteiger charge is 2.20. The molecule has 2 aromatic carbocycles. The van der Waals surface area contributed by atoms with Gasteiger partial charge in [0.05, 0.1) is 36.0 Å². The SMILES string of the molecule is CCOC(=O)CCC(=O)Oc1ccc(-c2nc3[nH]cc(C)c3c3c2c(=O)[nH]c2cc(N4CCCCC4)ccc23)cc1. The van der Waals surface area contributed by atoms with Crippen molar-refractivity contribution < 1.29 is 19.1 Å². The lowest BCUT2D eigenvalue weighted by molar-refractivity contribution is -0.146. The van der Waals surface area contributed by atoms with E-state index < -0.39 is 11.9 Å². The van der Waals surface area contributed by atoms with Gasteiger partial charge in [-0.15, -0.1) is 0 Å². The topological polar surface area (TPSA) is 117 Å². The van der Waals surface area contributed by atoms with Crippen molar-refractivity contribution in [3.8, 4) is 17.0 Å². The minimum absolute atomic E-state index is 0.0352. The first-order valence-corrected chi connectivity index (χ1v) is 14.1. The lowest BCUT2D eigenvalue weighted by atomic mass is 9.98. The third-order valence-electron chi connectivity index (χ3n) is 7.68. The van der Waals surface area contributed by atoms with Crippen LogP contribution in [0.1, 0.15) is 44.6 Å². The first-order chi connectivity index (χ1) is 19.9. The summed E-state index contributed by atoms with van der Waals surface area (Å²) in [6.45, 7) is 6.04. The summed E-state index contributed by atoms with van der Waals surface area (Å²) < 4.78 is 10.3. The van der Waals surface area contributed by atoms with Gasteiger partial charge < -0.3 is 24.3 Å². The number of esters is 2. The Morgan fingerprint density at radius 3 is 2.46 bits per heavy atom. The first-order valence-electron chi connectivity index (χ1n) is 14.1. The number of hydrogen-bond donors (Lipinski definition) is 2. The van der Waals surface area contributed by atoms with Gasteiger partial charge in [-0.25, -0.2) is 4.98 Å². The Bertz CT molecular complexity index is 1830. The highest BCUT2D eigenvalue weighted by Crippen LogP contribution is 2.37. The number of rotatable bonds is 7. The number of benzene rings is 2. The molecular weight excluding hydrogens is 520 g/mol. The standard InChI is InChI=1S/C32H32N4O5/c1-3-40-25(37)13-14-26(38)41-22-10-7-20(8-11-22)30-29-28(27-19(2)18-33-31(27)35-30)23-12-9-21(17-24(23)34-32(29)39)36-15-5-4-6-16-36/h7-12,17-18H,3-6,13-16H2,1-2H3,(H,33,35)(H,34,39). The number of fused-ring (bicyclic) bond motifs is 5. The predicted octanol–water partition coefficient (Wildman–Crippen LogP) is 5.77. The minimum atomic E-state index is -0.524. The molecule has 0 atom stereocenters. The number of nitrogens with one attached hydrogen (secondary N) is 2. The summed E-state index contributed by atoms with van der Waals surface area (Å²) in [5, 5.41) is 3.27. The third kappa shape index (κ3) is 5.15. The van der Waals surface area contributed by atoms with Gasteiger partial charge in [-0.1, -0.05) is 6.07 Å². The van der Waals surface area contributed by atoms with Gasteiger partial charge in [-0.05, 0) is 75.1 Å². The van der Waals surface area contributed by atoms with Crippen LogP contribution in [0, 0.1) is 6.92 Å². The molecule has 1 aliphatic rings. The van der Waals surface area contributed by atoms with E-state index in [4.69, 9.17) is 14.5 Å². The van der Waals surface area contributed by atoms with Crippen molar-refractivity contribution in [2.45, 2.75) is 46.0 Å². The van der Waals surface area contributed by atoms with Crippen molar-refractivity contribution in [3.63, 3.8) is 0 Å². The summed E-state index contributed by atoms with van der Waals surface area (Å²) in [5.41, 5.74) is 4.68. The fourth-order valence-corrected chi connectivity index (χ4v) is 5.71. The summed E-state index contributed by atoms with van der Waals surface area (Å²) in [6.07, 6.45) is 5.41. The monoisotopic (exact) mass is 552 g/mol. The minimum Gasteiger partial charge on any atom is -0.466 e. The molecule has 0 aliphatic carbocycles. The van der Waals surface area contributed by atoms with E-state index in [1.807, 2.05) is 13.1 Å². The van der Waals surface area contributed by atoms with Crippen LogP contribution >= 0.6 is 0 Å². The van der Waals surface area contributed by atoms with Crippen LogP contribution in [0.25, 0.3) is 44.0 Å². The van der Waals surface area contributed by atoms with E-state index in [9.17, 15) is 14.4 Å². The molecule has 0 spiro atoms. The molecule has 0 saturated carbocycles. The number of anilines is 1. The maximum absolute atomic E-state index is 13.7. The van der Waals surface area contributed by atoms with Crippen LogP contribution in [0.3, 0.4) is 0 Å². The molecule has 5 aromatic rings. The zero-order valence-electron chi connectivity index (χ0n) is 23.2. The molecule has 9 nitrogen and oxygen atoms in total. The Morgan fingerprint density at radius 2 is 1.71 bits per heavy atom. The molecule has 0 bridgehead atoms. The van der Waals surface area contributed by atoms with Crippen molar-refractivity contribution in [3.05, 3.63) is 64.6 Å². The second-order valence-corrected chi connectivity index (χ2v) is 10.4. The molecule has 3 aromatic heterocycles. The van der Waals surface area contributed by atoms with Crippen molar-refractivity contribution in [2.24, 2.45) is 0 Å². The van der Waals surface area contributed by atoms with E-state index in [2.05, 4.69) is 33.1 Å². The van der Waals surface area contributed by atoms with Gasteiger partial charge in [0.2, 0.25) is 0 Å². The Morgan fingerprint density at radius 1 is 0.951 bits per heavy atom. The average Bonchev–Trinajstić information content (AvgIpc) is 3.36. The highest BCUT2D eigenvalue weighted by molar-refractivity contribution is 6.22. The number of aryl methyl sites for hydroxylation is 1. The van der Waals surface area contributed by atoms with Crippen LogP contribution in [0.15, 0.2) is 53.5 Å². The van der Waals surface area contributed by atoms with Crippen LogP contribution in [-0.2, 0) is 14.3 Å². The summed E-state index contributed by atoms with van der Waals surface area (Å²) in [6, 6.07) is 13.2. The van der Waals surface area contributed by atoms with Gasteiger partial charge >= 0.3 is 11.9 Å². The van der Waals surface area contributed by atoms with Gasteiger partial charge in [0.25, 0.3) is 5.56 Å². The Balaban J connectivity index is 1.40. The summed E-state index contributed by atoms with van der Waals surface area (Å²) >= 11 is 0. The molecular formula is C32H32N4O5. The molecule has 0 radical (unpaired) electrons. The number of pyridine rings is 2. The molecule has 4 heterocycles. The number of ether oxygens (including phenoxy) is 2. The van der Waals surface area contributed by atoms with E-state index in [-0.39, 0.29) is 25.0 Å². The largest absolute Gasteiger partial charge is 0.466 e. The molecule has 210 valence electrons. The molecule has 1 saturated heterocycles. The van der Waals surface area contributed by atoms with Gasteiger partial charge in [-0.2, -0.15) is 0 Å². The van der Waals surface area contributed by atoms with E-state index in [1.54, 1.807) is 31.2 Å². The fraction of sp³-hybridized carbons (Fsp3) is 0.312. The van der Waals surface area contributed by atoms with E-state index >= 15 is 0 Å². The van der Waals surface area contributed by atoms with Crippen molar-refractivity contribution in [2.75, 3.05) is 24.6 Å². The lowest BCUT2D eigenvalue weighted by Crippen LogP contribution is -2.29. The highest BCUT2D eigenvalue weighted by atomic mass is 16.5. The van der Waals surface area contributed by atoms with Crippen LogP contribution in [0.2, 0.25) is 0 Å². The van der Waals surface area contributed by atoms with Crippen molar-refractivity contribution >= 4 is 50.3 Å². The summed E-state index contributed by atoms with van der Waals surface area (Å²) in [4.78, 5) is 51.1. The van der Waals surface area contributed by atoms with Crippen LogP contribution in [-0.4, -0.2) is 46.6 Å². The quantitative estimate of drug-likeness (QED) is 0.149. The Labute approximate surface area is 236 Å². The van der Waals surface area contributed by atoms with E-state index in [1.165, 1.54) is 19.3 Å². The molecule has 6 rings (SSSR count). The molecule has 0 unspecified atom stereocenters. The number of carbonyl (C=O) groups excluding carboxylic acids is 2. The third-order valence-corrected chi connectivity index (χ3v) is 7.68. The van der Waals surface area contributed by atoms with Crippen LogP contribution < -0.4 is 15.2 Å². The van der Waals surface area contributed by atoms with Crippen LogP contribution in [0.5, 0.6) is 5.75 Å².